The van der Waals surface area contributed by atoms with Crippen LogP contribution < -0.4 is 0 Å². The van der Waals surface area contributed by atoms with Gasteiger partial charge in [-0.1, -0.05) is 109 Å². The summed E-state index contributed by atoms with van der Waals surface area (Å²) in [5.41, 5.74) is 8.11. The fraction of sp³-hybridized carbons (Fsp3) is 0. The van der Waals surface area contributed by atoms with E-state index in [2.05, 4.69) is 54.6 Å². The third kappa shape index (κ3) is 3.98. The van der Waals surface area contributed by atoms with Gasteiger partial charge in [-0.25, -0.2) is 15.0 Å². The lowest BCUT2D eigenvalue weighted by molar-refractivity contribution is 0.669. The molecule has 0 atom stereocenters. The minimum Gasteiger partial charge on any atom is -0.456 e. The van der Waals surface area contributed by atoms with Crippen molar-refractivity contribution in [3.63, 3.8) is 0 Å². The molecule has 0 spiro atoms. The topological polar surface area (TPSA) is 65.0 Å². The molecule has 0 aliphatic carbocycles. The molecule has 3 aromatic heterocycles. The van der Waals surface area contributed by atoms with Crippen molar-refractivity contribution in [3.05, 3.63) is 140 Å². The zero-order valence-electron chi connectivity index (χ0n) is 23.4. The van der Waals surface area contributed by atoms with E-state index < -0.39 is 0 Å². The average molecular weight is 566 g/mol. The monoisotopic (exact) mass is 565 g/mol. The van der Waals surface area contributed by atoms with Crippen LogP contribution in [0.15, 0.2) is 148 Å². The highest BCUT2D eigenvalue weighted by atomic mass is 16.3. The van der Waals surface area contributed by atoms with Gasteiger partial charge in [-0.15, -0.1) is 0 Å². The molecule has 0 N–H and O–H groups in total. The first-order valence-corrected chi connectivity index (χ1v) is 14.5. The van der Waals surface area contributed by atoms with Crippen LogP contribution in [0.25, 0.3) is 89.2 Å². The van der Waals surface area contributed by atoms with Crippen LogP contribution >= 0.6 is 0 Å². The molecule has 5 nitrogen and oxygen atoms in total. The fourth-order valence-electron chi connectivity index (χ4n) is 6.00. The minimum atomic E-state index is 0.573. The van der Waals surface area contributed by atoms with Crippen molar-refractivity contribution in [2.45, 2.75) is 0 Å². The van der Waals surface area contributed by atoms with Crippen molar-refractivity contribution >= 4 is 43.9 Å². The number of para-hydroxylation sites is 2. The molecule has 0 saturated carbocycles. The third-order valence-corrected chi connectivity index (χ3v) is 8.15. The van der Waals surface area contributed by atoms with Gasteiger partial charge in [0, 0.05) is 43.8 Å². The Balaban J connectivity index is 1.22. The van der Waals surface area contributed by atoms with Gasteiger partial charge in [0.1, 0.15) is 22.3 Å². The van der Waals surface area contributed by atoms with Crippen molar-refractivity contribution in [1.29, 1.82) is 0 Å². The number of furan rings is 2. The summed E-state index contributed by atoms with van der Waals surface area (Å²) in [7, 11) is 0. The number of fused-ring (bicyclic) bond motifs is 6. The number of rotatable bonds is 4. The van der Waals surface area contributed by atoms with Gasteiger partial charge in [0.15, 0.2) is 17.5 Å². The van der Waals surface area contributed by atoms with Crippen molar-refractivity contribution in [1.82, 2.24) is 15.0 Å². The summed E-state index contributed by atoms with van der Waals surface area (Å²) in [5.74, 6) is 1.75. The Morgan fingerprint density at radius 2 is 0.864 bits per heavy atom. The molecular weight excluding hydrogens is 542 g/mol. The summed E-state index contributed by atoms with van der Waals surface area (Å²) in [6.07, 6.45) is 0. The average Bonchev–Trinajstić information content (AvgIpc) is 3.66. The summed E-state index contributed by atoms with van der Waals surface area (Å²) < 4.78 is 12.7. The summed E-state index contributed by atoms with van der Waals surface area (Å²) in [5, 5.41) is 4.28. The van der Waals surface area contributed by atoms with Crippen LogP contribution in [-0.4, -0.2) is 15.0 Å². The van der Waals surface area contributed by atoms with Crippen LogP contribution in [0.1, 0.15) is 0 Å². The van der Waals surface area contributed by atoms with E-state index in [1.54, 1.807) is 0 Å². The molecule has 0 unspecified atom stereocenters. The number of nitrogens with zero attached hydrogens (tertiary/aromatic N) is 3. The predicted octanol–water partition coefficient (Wildman–Crippen LogP) is 10.3. The smallest absolute Gasteiger partial charge is 0.164 e. The summed E-state index contributed by atoms with van der Waals surface area (Å²) in [4.78, 5) is 14.8. The van der Waals surface area contributed by atoms with Crippen LogP contribution in [0.4, 0.5) is 0 Å². The Hall–Kier alpha value is -6.07. The highest BCUT2D eigenvalue weighted by Gasteiger charge is 2.17. The highest BCUT2D eigenvalue weighted by molar-refractivity contribution is 6.10. The summed E-state index contributed by atoms with van der Waals surface area (Å²) in [6, 6.07) is 47.0. The summed E-state index contributed by atoms with van der Waals surface area (Å²) in [6.45, 7) is 0. The molecule has 206 valence electrons. The molecule has 44 heavy (non-hydrogen) atoms. The van der Waals surface area contributed by atoms with Crippen LogP contribution in [-0.2, 0) is 0 Å². The standard InChI is InChI=1S/C39H23N3O2/c1-3-10-24(11-4-1)28-15-9-16-32-31-21-19-27(23-35(31)44-36(28)32)39-41-37(25-12-5-2-6-13-25)40-38(42-39)26-18-20-30-29-14-7-8-17-33(29)43-34(30)22-26/h1-23H. The van der Waals surface area contributed by atoms with E-state index in [4.69, 9.17) is 23.8 Å². The molecule has 0 amide bonds. The largest absolute Gasteiger partial charge is 0.456 e. The molecule has 0 bridgehead atoms. The molecule has 0 radical (unpaired) electrons. The number of hydrogen-bond acceptors (Lipinski definition) is 5. The summed E-state index contributed by atoms with van der Waals surface area (Å²) >= 11 is 0. The van der Waals surface area contributed by atoms with E-state index in [1.807, 2.05) is 84.9 Å². The first-order chi connectivity index (χ1) is 21.8. The second-order valence-electron chi connectivity index (χ2n) is 10.8. The third-order valence-electron chi connectivity index (χ3n) is 8.15. The van der Waals surface area contributed by atoms with Crippen LogP contribution in [0, 0.1) is 0 Å². The number of aromatic nitrogens is 3. The van der Waals surface area contributed by atoms with Crippen molar-refractivity contribution in [2.75, 3.05) is 0 Å². The van der Waals surface area contributed by atoms with Gasteiger partial charge in [-0.3, -0.25) is 0 Å². The van der Waals surface area contributed by atoms with E-state index >= 15 is 0 Å². The molecule has 0 aliphatic rings. The van der Waals surface area contributed by atoms with Crippen LogP contribution in [0.5, 0.6) is 0 Å². The van der Waals surface area contributed by atoms with Gasteiger partial charge in [0.2, 0.25) is 0 Å². The molecule has 9 aromatic rings. The van der Waals surface area contributed by atoms with Crippen LogP contribution in [0.2, 0.25) is 0 Å². The quantitative estimate of drug-likeness (QED) is 0.212. The molecule has 0 fully saturated rings. The molecule has 3 heterocycles. The van der Waals surface area contributed by atoms with Crippen LogP contribution in [0.3, 0.4) is 0 Å². The molecule has 6 aromatic carbocycles. The lowest BCUT2D eigenvalue weighted by Crippen LogP contribution is -2.00. The maximum atomic E-state index is 6.52. The Morgan fingerprint density at radius 3 is 1.57 bits per heavy atom. The maximum Gasteiger partial charge on any atom is 0.164 e. The maximum absolute atomic E-state index is 6.52. The highest BCUT2D eigenvalue weighted by Crippen LogP contribution is 2.38. The predicted molar refractivity (Wildman–Crippen MR) is 176 cm³/mol. The lowest BCUT2D eigenvalue weighted by atomic mass is 10.0. The van der Waals surface area contributed by atoms with Gasteiger partial charge in [0.05, 0.1) is 0 Å². The zero-order valence-corrected chi connectivity index (χ0v) is 23.4. The fourth-order valence-corrected chi connectivity index (χ4v) is 6.00. The van der Waals surface area contributed by atoms with E-state index in [1.165, 1.54) is 0 Å². The SMILES string of the molecule is c1ccc(-c2nc(-c3ccc4c(c3)oc3ccccc34)nc(-c3ccc4c(c3)oc3c(-c5ccccc5)cccc34)n2)cc1. The molecule has 9 rings (SSSR count). The van der Waals surface area contributed by atoms with Gasteiger partial charge in [0.25, 0.3) is 0 Å². The van der Waals surface area contributed by atoms with E-state index in [9.17, 15) is 0 Å². The van der Waals surface area contributed by atoms with Crippen molar-refractivity contribution in [2.24, 2.45) is 0 Å². The number of benzene rings is 6. The Labute approximate surface area is 252 Å². The van der Waals surface area contributed by atoms with Crippen molar-refractivity contribution < 1.29 is 8.83 Å². The van der Waals surface area contributed by atoms with E-state index in [0.717, 1.165) is 71.7 Å². The second-order valence-corrected chi connectivity index (χ2v) is 10.8. The Morgan fingerprint density at radius 1 is 0.341 bits per heavy atom. The first-order valence-electron chi connectivity index (χ1n) is 14.5. The van der Waals surface area contributed by atoms with E-state index in [0.29, 0.717) is 17.5 Å². The first kappa shape index (κ1) is 24.5. The second kappa shape index (κ2) is 9.75. The van der Waals surface area contributed by atoms with Gasteiger partial charge in [-0.05, 0) is 35.9 Å². The Kier molecular flexibility index (Phi) is 5.43. The molecule has 5 heteroatoms. The Bertz CT molecular complexity index is 2500. The van der Waals surface area contributed by atoms with Gasteiger partial charge < -0.3 is 8.83 Å². The minimum absolute atomic E-state index is 0.573. The molecular formula is C39H23N3O2. The normalized spacial score (nSPS) is 11.6. The lowest BCUT2D eigenvalue weighted by Gasteiger charge is -2.08. The zero-order chi connectivity index (χ0) is 29.0. The number of hydrogen-bond donors (Lipinski definition) is 0. The van der Waals surface area contributed by atoms with Gasteiger partial charge in [-0.2, -0.15) is 0 Å². The molecule has 0 saturated heterocycles. The van der Waals surface area contributed by atoms with E-state index in [-0.39, 0.29) is 0 Å². The van der Waals surface area contributed by atoms with Crippen molar-refractivity contribution in [3.8, 4) is 45.3 Å². The van der Waals surface area contributed by atoms with Gasteiger partial charge >= 0.3 is 0 Å². The molecule has 0 aliphatic heterocycles.